The van der Waals surface area contributed by atoms with Crippen molar-refractivity contribution in [2.75, 3.05) is 32.1 Å². The van der Waals surface area contributed by atoms with Gasteiger partial charge in [-0.1, -0.05) is 61.9 Å². The molecule has 0 bridgehead atoms. The zero-order valence-corrected chi connectivity index (χ0v) is 14.6. The van der Waals surface area contributed by atoms with Gasteiger partial charge < -0.3 is 4.74 Å². The average molecular weight is 332 g/mol. The van der Waals surface area contributed by atoms with E-state index in [9.17, 15) is 0 Å². The topological polar surface area (TPSA) is 12.5 Å². The maximum absolute atomic E-state index is 6.06. The third-order valence-corrected chi connectivity index (χ3v) is 4.03. The minimum atomic E-state index is 0.671. The standard InChI is InChI=1S/C20H26ClNO/c1-2-3-14-22(15-13-21)16-17-23-20-12-8-7-11-19(20)18-9-5-4-6-10-18/h4-12H,2-3,13-17H2,1H3. The summed E-state index contributed by atoms with van der Waals surface area (Å²) in [5.41, 5.74) is 2.33. The molecule has 2 aromatic rings. The van der Waals surface area contributed by atoms with Crippen molar-refractivity contribution in [2.45, 2.75) is 19.8 Å². The van der Waals surface area contributed by atoms with Crippen LogP contribution >= 0.6 is 11.6 Å². The Morgan fingerprint density at radius 3 is 2.39 bits per heavy atom. The summed E-state index contributed by atoms with van der Waals surface area (Å²) in [6, 6.07) is 18.6. The number of para-hydroxylation sites is 1. The molecule has 0 radical (unpaired) electrons. The van der Waals surface area contributed by atoms with Crippen LogP contribution in [0.5, 0.6) is 5.75 Å². The molecule has 0 fully saturated rings. The molecule has 0 aliphatic carbocycles. The maximum Gasteiger partial charge on any atom is 0.127 e. The smallest absolute Gasteiger partial charge is 0.127 e. The molecule has 0 spiro atoms. The normalized spacial score (nSPS) is 10.9. The molecule has 0 saturated heterocycles. The maximum atomic E-state index is 6.06. The van der Waals surface area contributed by atoms with E-state index in [1.807, 2.05) is 18.2 Å². The molecule has 124 valence electrons. The van der Waals surface area contributed by atoms with Gasteiger partial charge in [-0.05, 0) is 24.6 Å². The predicted octanol–water partition coefficient (Wildman–Crippen LogP) is 5.07. The summed E-state index contributed by atoms with van der Waals surface area (Å²) in [5.74, 6) is 1.62. The van der Waals surface area contributed by atoms with Gasteiger partial charge in [0.2, 0.25) is 0 Å². The summed E-state index contributed by atoms with van der Waals surface area (Å²) < 4.78 is 6.06. The second-order valence-corrected chi connectivity index (χ2v) is 5.97. The molecule has 0 amide bonds. The highest BCUT2D eigenvalue weighted by molar-refractivity contribution is 6.18. The lowest BCUT2D eigenvalue weighted by molar-refractivity contribution is 0.215. The van der Waals surface area contributed by atoms with Crippen LogP contribution in [0.2, 0.25) is 0 Å². The van der Waals surface area contributed by atoms with Gasteiger partial charge in [0.1, 0.15) is 12.4 Å². The minimum absolute atomic E-state index is 0.671. The van der Waals surface area contributed by atoms with Crippen molar-refractivity contribution >= 4 is 11.6 Å². The summed E-state index contributed by atoms with van der Waals surface area (Å²) in [7, 11) is 0. The second-order valence-electron chi connectivity index (χ2n) is 5.59. The first-order chi connectivity index (χ1) is 11.3. The number of rotatable bonds is 10. The molecular formula is C20H26ClNO. The van der Waals surface area contributed by atoms with Crippen LogP contribution in [0.3, 0.4) is 0 Å². The Kier molecular flexibility index (Phi) is 7.99. The lowest BCUT2D eigenvalue weighted by Crippen LogP contribution is -2.31. The average Bonchev–Trinajstić information content (AvgIpc) is 2.61. The van der Waals surface area contributed by atoms with E-state index in [-0.39, 0.29) is 0 Å². The van der Waals surface area contributed by atoms with Crippen LogP contribution < -0.4 is 4.74 Å². The molecule has 0 heterocycles. The SMILES string of the molecule is CCCCN(CCCl)CCOc1ccccc1-c1ccccc1. The van der Waals surface area contributed by atoms with Crippen molar-refractivity contribution in [1.82, 2.24) is 4.90 Å². The lowest BCUT2D eigenvalue weighted by Gasteiger charge is -2.21. The third kappa shape index (κ3) is 5.89. The largest absolute Gasteiger partial charge is 0.492 e. The van der Waals surface area contributed by atoms with Gasteiger partial charge in [-0.2, -0.15) is 0 Å². The first-order valence-electron chi connectivity index (χ1n) is 8.40. The first kappa shape index (κ1) is 17.8. The Bertz CT molecular complexity index is 559. The van der Waals surface area contributed by atoms with Gasteiger partial charge in [-0.25, -0.2) is 0 Å². The Morgan fingerprint density at radius 1 is 0.913 bits per heavy atom. The van der Waals surface area contributed by atoms with E-state index in [0.717, 1.165) is 30.9 Å². The number of halogens is 1. The van der Waals surface area contributed by atoms with Crippen molar-refractivity contribution in [2.24, 2.45) is 0 Å². The second kappa shape index (κ2) is 10.3. The van der Waals surface area contributed by atoms with Crippen molar-refractivity contribution in [3.8, 4) is 16.9 Å². The van der Waals surface area contributed by atoms with E-state index in [2.05, 4.69) is 48.2 Å². The number of hydrogen-bond acceptors (Lipinski definition) is 2. The van der Waals surface area contributed by atoms with E-state index in [1.54, 1.807) is 0 Å². The monoisotopic (exact) mass is 331 g/mol. The molecule has 0 saturated carbocycles. The molecule has 0 atom stereocenters. The highest BCUT2D eigenvalue weighted by Gasteiger charge is 2.07. The molecule has 0 aliphatic rings. The fourth-order valence-corrected chi connectivity index (χ4v) is 2.81. The Labute approximate surface area is 145 Å². The summed E-state index contributed by atoms with van der Waals surface area (Å²) in [4.78, 5) is 2.38. The fraction of sp³-hybridized carbons (Fsp3) is 0.400. The van der Waals surface area contributed by atoms with Crippen LogP contribution in [0.25, 0.3) is 11.1 Å². The highest BCUT2D eigenvalue weighted by Crippen LogP contribution is 2.29. The van der Waals surface area contributed by atoms with Gasteiger partial charge in [0.15, 0.2) is 0 Å². The number of nitrogens with zero attached hydrogens (tertiary/aromatic N) is 1. The molecule has 2 rings (SSSR count). The van der Waals surface area contributed by atoms with Crippen LogP contribution in [0, 0.1) is 0 Å². The zero-order chi connectivity index (χ0) is 16.3. The van der Waals surface area contributed by atoms with E-state index in [1.165, 1.54) is 18.4 Å². The number of benzene rings is 2. The van der Waals surface area contributed by atoms with Crippen molar-refractivity contribution in [3.63, 3.8) is 0 Å². The number of alkyl halides is 1. The third-order valence-electron chi connectivity index (χ3n) is 3.87. The van der Waals surface area contributed by atoms with Gasteiger partial charge in [0.25, 0.3) is 0 Å². The summed E-state index contributed by atoms with van der Waals surface area (Å²) in [5, 5.41) is 0. The van der Waals surface area contributed by atoms with Crippen LogP contribution in [0.15, 0.2) is 54.6 Å². The van der Waals surface area contributed by atoms with E-state index >= 15 is 0 Å². The number of ether oxygens (including phenoxy) is 1. The Hall–Kier alpha value is -1.51. The van der Waals surface area contributed by atoms with Gasteiger partial charge in [0, 0.05) is 24.5 Å². The van der Waals surface area contributed by atoms with Crippen molar-refractivity contribution in [3.05, 3.63) is 54.6 Å². The molecule has 3 heteroatoms. The van der Waals surface area contributed by atoms with E-state index in [0.29, 0.717) is 12.5 Å². The Balaban J connectivity index is 1.95. The quantitative estimate of drug-likeness (QED) is 0.563. The molecule has 0 unspecified atom stereocenters. The van der Waals surface area contributed by atoms with Gasteiger partial charge in [0.05, 0.1) is 0 Å². The molecule has 0 aromatic heterocycles. The molecule has 0 aliphatic heterocycles. The lowest BCUT2D eigenvalue weighted by atomic mass is 10.1. The van der Waals surface area contributed by atoms with Crippen LogP contribution in [0.1, 0.15) is 19.8 Å². The summed E-state index contributed by atoms with van der Waals surface area (Å²) in [6.45, 7) is 5.82. The predicted molar refractivity (Wildman–Crippen MR) is 99.4 cm³/mol. The van der Waals surface area contributed by atoms with Gasteiger partial charge in [-0.15, -0.1) is 11.6 Å². The minimum Gasteiger partial charge on any atom is -0.492 e. The number of unbranched alkanes of at least 4 members (excludes halogenated alkanes) is 1. The summed E-state index contributed by atoms with van der Waals surface area (Å²) in [6.07, 6.45) is 2.41. The van der Waals surface area contributed by atoms with Crippen LogP contribution in [0.4, 0.5) is 0 Å². The van der Waals surface area contributed by atoms with Gasteiger partial charge in [-0.3, -0.25) is 4.90 Å². The summed E-state index contributed by atoms with van der Waals surface area (Å²) >= 11 is 5.89. The van der Waals surface area contributed by atoms with E-state index in [4.69, 9.17) is 16.3 Å². The molecule has 23 heavy (non-hydrogen) atoms. The van der Waals surface area contributed by atoms with Crippen molar-refractivity contribution in [1.29, 1.82) is 0 Å². The van der Waals surface area contributed by atoms with E-state index < -0.39 is 0 Å². The molecule has 2 aromatic carbocycles. The number of hydrogen-bond donors (Lipinski definition) is 0. The van der Waals surface area contributed by atoms with Crippen LogP contribution in [-0.2, 0) is 0 Å². The molecule has 2 nitrogen and oxygen atoms in total. The molecular weight excluding hydrogens is 306 g/mol. The Morgan fingerprint density at radius 2 is 1.65 bits per heavy atom. The zero-order valence-electron chi connectivity index (χ0n) is 13.9. The highest BCUT2D eigenvalue weighted by atomic mass is 35.5. The first-order valence-corrected chi connectivity index (χ1v) is 8.94. The molecule has 0 N–H and O–H groups in total. The fourth-order valence-electron chi connectivity index (χ4n) is 2.57. The van der Waals surface area contributed by atoms with Gasteiger partial charge >= 0.3 is 0 Å². The van der Waals surface area contributed by atoms with Crippen molar-refractivity contribution < 1.29 is 4.74 Å². The van der Waals surface area contributed by atoms with Crippen LogP contribution in [-0.4, -0.2) is 37.0 Å².